The standard InChI is InChI=1S/C21H19N3O3S/c1-13-16-12-19(28-21(16)24(23-13)14-7-5-4-6-8-14)20(25)22-17-10-9-15(26-2)11-18(17)27-3/h4-12H,1-3H3,(H,22,25). The number of ether oxygens (including phenoxy) is 2. The highest BCUT2D eigenvalue weighted by Gasteiger charge is 2.18. The van der Waals surface area contributed by atoms with Crippen molar-refractivity contribution in [3.8, 4) is 17.2 Å². The molecule has 0 atom stereocenters. The third-order valence-corrected chi connectivity index (χ3v) is 5.54. The number of benzene rings is 2. The molecule has 142 valence electrons. The Balaban J connectivity index is 1.67. The Morgan fingerprint density at radius 2 is 1.86 bits per heavy atom. The molecule has 0 aliphatic rings. The average Bonchev–Trinajstić information content (AvgIpc) is 3.29. The van der Waals surface area contributed by atoms with Crippen molar-refractivity contribution in [3.05, 3.63) is 65.2 Å². The van der Waals surface area contributed by atoms with E-state index in [2.05, 4.69) is 10.4 Å². The van der Waals surface area contributed by atoms with Crippen molar-refractivity contribution in [3.63, 3.8) is 0 Å². The van der Waals surface area contributed by atoms with E-state index in [0.29, 0.717) is 22.1 Å². The first kappa shape index (κ1) is 18.1. The van der Waals surface area contributed by atoms with Crippen LogP contribution in [-0.2, 0) is 0 Å². The first-order valence-corrected chi connectivity index (χ1v) is 9.50. The van der Waals surface area contributed by atoms with Gasteiger partial charge in [0.15, 0.2) is 0 Å². The van der Waals surface area contributed by atoms with Crippen molar-refractivity contribution in [1.29, 1.82) is 0 Å². The molecule has 0 radical (unpaired) electrons. The first-order chi connectivity index (χ1) is 13.6. The molecule has 2 aromatic heterocycles. The van der Waals surface area contributed by atoms with Gasteiger partial charge in [0.25, 0.3) is 5.91 Å². The maximum atomic E-state index is 12.8. The SMILES string of the molecule is COc1ccc(NC(=O)c2cc3c(C)nn(-c4ccccc4)c3s2)c(OC)c1. The molecular weight excluding hydrogens is 374 g/mol. The predicted octanol–water partition coefficient (Wildman–Crippen LogP) is 4.66. The van der Waals surface area contributed by atoms with Crippen molar-refractivity contribution in [2.75, 3.05) is 19.5 Å². The fourth-order valence-corrected chi connectivity index (χ4v) is 4.07. The summed E-state index contributed by atoms with van der Waals surface area (Å²) in [5, 5.41) is 8.51. The minimum absolute atomic E-state index is 0.191. The molecule has 0 fully saturated rings. The van der Waals surface area contributed by atoms with Gasteiger partial charge in [0.2, 0.25) is 0 Å². The van der Waals surface area contributed by atoms with Crippen molar-refractivity contribution in [1.82, 2.24) is 9.78 Å². The largest absolute Gasteiger partial charge is 0.497 e. The number of hydrogen-bond acceptors (Lipinski definition) is 5. The molecule has 4 rings (SSSR count). The number of amides is 1. The molecule has 0 spiro atoms. The van der Waals surface area contributed by atoms with Gasteiger partial charge in [0.1, 0.15) is 16.3 Å². The number of rotatable bonds is 5. The number of para-hydroxylation sites is 1. The van der Waals surface area contributed by atoms with Crippen molar-refractivity contribution in [2.24, 2.45) is 0 Å². The topological polar surface area (TPSA) is 65.4 Å². The highest BCUT2D eigenvalue weighted by molar-refractivity contribution is 7.20. The lowest BCUT2D eigenvalue weighted by atomic mass is 10.2. The second-order valence-electron chi connectivity index (χ2n) is 6.18. The van der Waals surface area contributed by atoms with Crippen molar-refractivity contribution in [2.45, 2.75) is 6.92 Å². The molecule has 0 saturated heterocycles. The Morgan fingerprint density at radius 3 is 2.57 bits per heavy atom. The Labute approximate surface area is 166 Å². The van der Waals surface area contributed by atoms with Crippen LogP contribution in [-0.4, -0.2) is 29.9 Å². The third kappa shape index (κ3) is 3.20. The van der Waals surface area contributed by atoms with Crippen LogP contribution in [0.5, 0.6) is 11.5 Å². The molecule has 0 unspecified atom stereocenters. The lowest BCUT2D eigenvalue weighted by Crippen LogP contribution is -2.11. The van der Waals surface area contributed by atoms with E-state index in [1.54, 1.807) is 32.4 Å². The Bertz CT molecular complexity index is 1150. The molecule has 4 aromatic rings. The van der Waals surface area contributed by atoms with Gasteiger partial charge >= 0.3 is 0 Å². The van der Waals surface area contributed by atoms with Crippen LogP contribution in [0, 0.1) is 6.92 Å². The molecule has 0 aliphatic heterocycles. The van der Waals surface area contributed by atoms with Gasteiger partial charge in [-0.15, -0.1) is 11.3 Å². The van der Waals surface area contributed by atoms with Crippen LogP contribution < -0.4 is 14.8 Å². The maximum Gasteiger partial charge on any atom is 0.265 e. The van der Waals surface area contributed by atoms with E-state index >= 15 is 0 Å². The van der Waals surface area contributed by atoms with Crippen LogP contribution in [0.1, 0.15) is 15.4 Å². The first-order valence-electron chi connectivity index (χ1n) is 8.68. The molecule has 2 aromatic carbocycles. The molecule has 0 aliphatic carbocycles. The van der Waals surface area contributed by atoms with Crippen LogP contribution in [0.2, 0.25) is 0 Å². The van der Waals surface area contributed by atoms with E-state index < -0.39 is 0 Å². The summed E-state index contributed by atoms with van der Waals surface area (Å²) in [6, 6.07) is 17.0. The van der Waals surface area contributed by atoms with Gasteiger partial charge in [-0.05, 0) is 37.3 Å². The van der Waals surface area contributed by atoms with Crippen LogP contribution in [0.4, 0.5) is 5.69 Å². The number of nitrogens with one attached hydrogen (secondary N) is 1. The highest BCUT2D eigenvalue weighted by Crippen LogP contribution is 2.33. The zero-order chi connectivity index (χ0) is 19.7. The second kappa shape index (κ2) is 7.36. The number of methoxy groups -OCH3 is 2. The molecule has 0 saturated carbocycles. The zero-order valence-corrected chi connectivity index (χ0v) is 16.5. The summed E-state index contributed by atoms with van der Waals surface area (Å²) in [6.07, 6.45) is 0. The molecule has 28 heavy (non-hydrogen) atoms. The smallest absolute Gasteiger partial charge is 0.265 e. The maximum absolute atomic E-state index is 12.8. The average molecular weight is 393 g/mol. The number of aromatic nitrogens is 2. The summed E-state index contributed by atoms with van der Waals surface area (Å²) in [4.78, 5) is 14.4. The van der Waals surface area contributed by atoms with E-state index in [0.717, 1.165) is 21.6 Å². The number of hydrogen-bond donors (Lipinski definition) is 1. The van der Waals surface area contributed by atoms with Crippen molar-refractivity contribution < 1.29 is 14.3 Å². The van der Waals surface area contributed by atoms with Crippen molar-refractivity contribution >= 4 is 33.1 Å². The fraction of sp³-hybridized carbons (Fsp3) is 0.143. The van der Waals surface area contributed by atoms with E-state index in [9.17, 15) is 4.79 Å². The predicted molar refractivity (Wildman–Crippen MR) is 111 cm³/mol. The molecule has 6 nitrogen and oxygen atoms in total. The van der Waals surface area contributed by atoms with E-state index in [-0.39, 0.29) is 5.91 Å². The minimum Gasteiger partial charge on any atom is -0.497 e. The summed E-state index contributed by atoms with van der Waals surface area (Å²) in [5.74, 6) is 1.01. The van der Waals surface area contributed by atoms with Gasteiger partial charge in [-0.3, -0.25) is 4.79 Å². The van der Waals surface area contributed by atoms with Gasteiger partial charge in [0.05, 0.1) is 36.2 Å². The Morgan fingerprint density at radius 1 is 1.07 bits per heavy atom. The van der Waals surface area contributed by atoms with Gasteiger partial charge < -0.3 is 14.8 Å². The fourth-order valence-electron chi connectivity index (χ4n) is 2.99. The van der Waals surface area contributed by atoms with Gasteiger partial charge in [-0.2, -0.15) is 5.10 Å². The molecule has 1 amide bonds. The number of nitrogens with zero attached hydrogens (tertiary/aromatic N) is 2. The third-order valence-electron chi connectivity index (χ3n) is 4.43. The number of aryl methyl sites for hydroxylation is 1. The van der Waals surface area contributed by atoms with Crippen LogP contribution in [0.25, 0.3) is 15.9 Å². The second-order valence-corrected chi connectivity index (χ2v) is 7.21. The summed E-state index contributed by atoms with van der Waals surface area (Å²) in [5.41, 5.74) is 2.44. The van der Waals surface area contributed by atoms with E-state index in [4.69, 9.17) is 9.47 Å². The summed E-state index contributed by atoms with van der Waals surface area (Å²) < 4.78 is 12.4. The normalized spacial score (nSPS) is 10.8. The zero-order valence-electron chi connectivity index (χ0n) is 15.7. The van der Waals surface area contributed by atoms with Crippen LogP contribution in [0.3, 0.4) is 0 Å². The number of carbonyl (C=O) groups is 1. The molecule has 1 N–H and O–H groups in total. The summed E-state index contributed by atoms with van der Waals surface area (Å²) in [7, 11) is 3.14. The number of carbonyl (C=O) groups excluding carboxylic acids is 1. The Hall–Kier alpha value is -3.32. The minimum atomic E-state index is -0.191. The van der Waals surface area contributed by atoms with Gasteiger partial charge in [-0.25, -0.2) is 4.68 Å². The van der Waals surface area contributed by atoms with Gasteiger partial charge in [-0.1, -0.05) is 18.2 Å². The van der Waals surface area contributed by atoms with Crippen LogP contribution >= 0.6 is 11.3 Å². The number of fused-ring (bicyclic) bond motifs is 1. The molecule has 2 heterocycles. The quantitative estimate of drug-likeness (QED) is 0.535. The Kier molecular flexibility index (Phi) is 4.75. The van der Waals surface area contributed by atoms with Crippen LogP contribution in [0.15, 0.2) is 54.6 Å². The lowest BCUT2D eigenvalue weighted by molar-refractivity contribution is 0.103. The number of anilines is 1. The van der Waals surface area contributed by atoms with E-state index in [1.165, 1.54) is 11.3 Å². The molecule has 7 heteroatoms. The highest BCUT2D eigenvalue weighted by atomic mass is 32.1. The lowest BCUT2D eigenvalue weighted by Gasteiger charge is -2.11. The monoisotopic (exact) mass is 393 g/mol. The summed E-state index contributed by atoms with van der Waals surface area (Å²) in [6.45, 7) is 1.95. The number of thiophene rings is 1. The summed E-state index contributed by atoms with van der Waals surface area (Å²) >= 11 is 1.41. The van der Waals surface area contributed by atoms with E-state index in [1.807, 2.05) is 48.0 Å². The molecule has 0 bridgehead atoms. The van der Waals surface area contributed by atoms with Gasteiger partial charge in [0, 0.05) is 11.5 Å². The molecular formula is C21H19N3O3S.